The molecule has 0 atom stereocenters. The molecule has 0 aliphatic carbocycles. The van der Waals surface area contributed by atoms with Crippen LogP contribution in [0.5, 0.6) is 5.75 Å². The van der Waals surface area contributed by atoms with Crippen LogP contribution in [0.4, 0.5) is 4.39 Å². The van der Waals surface area contributed by atoms with Gasteiger partial charge in [0.25, 0.3) is 0 Å². The quantitative estimate of drug-likeness (QED) is 0.710. The summed E-state index contributed by atoms with van der Waals surface area (Å²) in [7, 11) is 0. The molecule has 0 saturated carbocycles. The highest BCUT2D eigenvalue weighted by Gasteiger charge is 2.01. The lowest BCUT2D eigenvalue weighted by Crippen LogP contribution is -1.89. The summed E-state index contributed by atoms with van der Waals surface area (Å²) in [5.74, 6) is -0.929. The van der Waals surface area contributed by atoms with Crippen LogP contribution in [0.3, 0.4) is 0 Å². The van der Waals surface area contributed by atoms with E-state index in [0.29, 0.717) is 5.69 Å². The van der Waals surface area contributed by atoms with Gasteiger partial charge < -0.3 is 9.67 Å². The summed E-state index contributed by atoms with van der Waals surface area (Å²) in [5, 5.41) is 8.96. The van der Waals surface area contributed by atoms with Crippen molar-refractivity contribution in [2.75, 3.05) is 0 Å². The Morgan fingerprint density at radius 3 is 2.46 bits per heavy atom. The molecule has 0 amide bonds. The van der Waals surface area contributed by atoms with Gasteiger partial charge in [0.2, 0.25) is 0 Å². The van der Waals surface area contributed by atoms with E-state index in [1.807, 2.05) is 24.5 Å². The number of rotatable bonds is 1. The first-order valence-corrected chi connectivity index (χ1v) is 3.89. The first-order valence-electron chi connectivity index (χ1n) is 3.89. The second kappa shape index (κ2) is 2.94. The minimum absolute atomic E-state index is 0.323. The lowest BCUT2D eigenvalue weighted by Gasteiger charge is -2.02. The van der Waals surface area contributed by atoms with Gasteiger partial charge in [0.1, 0.15) is 0 Å². The van der Waals surface area contributed by atoms with Gasteiger partial charge in [0.15, 0.2) is 11.6 Å². The zero-order chi connectivity index (χ0) is 9.26. The summed E-state index contributed by atoms with van der Waals surface area (Å²) in [5.41, 5.74) is 0.695. The van der Waals surface area contributed by atoms with Gasteiger partial charge >= 0.3 is 0 Å². The minimum Gasteiger partial charge on any atom is -0.505 e. The number of aromatic hydroxyl groups is 1. The van der Waals surface area contributed by atoms with Gasteiger partial charge in [-0.05, 0) is 24.3 Å². The van der Waals surface area contributed by atoms with Crippen LogP contribution in [-0.4, -0.2) is 9.67 Å². The summed E-state index contributed by atoms with van der Waals surface area (Å²) in [4.78, 5) is 0. The second-order valence-corrected chi connectivity index (χ2v) is 2.73. The van der Waals surface area contributed by atoms with Crippen molar-refractivity contribution < 1.29 is 9.50 Å². The van der Waals surface area contributed by atoms with Crippen LogP contribution < -0.4 is 0 Å². The molecule has 2 aromatic rings. The molecule has 0 saturated heterocycles. The summed E-state index contributed by atoms with van der Waals surface area (Å²) in [6, 6.07) is 7.98. The Labute approximate surface area is 74.9 Å². The maximum absolute atomic E-state index is 12.9. The van der Waals surface area contributed by atoms with Crippen molar-refractivity contribution in [2.24, 2.45) is 0 Å². The van der Waals surface area contributed by atoms with Crippen LogP contribution in [0.15, 0.2) is 42.7 Å². The molecule has 1 aromatic carbocycles. The zero-order valence-corrected chi connectivity index (χ0v) is 6.81. The van der Waals surface area contributed by atoms with Crippen LogP contribution in [0.2, 0.25) is 0 Å². The molecular weight excluding hydrogens is 169 g/mol. The molecule has 66 valence electrons. The summed E-state index contributed by atoms with van der Waals surface area (Å²) in [6.45, 7) is 0. The lowest BCUT2D eigenvalue weighted by atomic mass is 10.3. The number of halogens is 1. The molecule has 2 rings (SSSR count). The van der Waals surface area contributed by atoms with Crippen LogP contribution in [0, 0.1) is 5.82 Å². The van der Waals surface area contributed by atoms with Crippen molar-refractivity contribution >= 4 is 0 Å². The highest BCUT2D eigenvalue weighted by Crippen LogP contribution is 2.18. The Balaban J connectivity index is 2.49. The molecule has 0 unspecified atom stereocenters. The van der Waals surface area contributed by atoms with Gasteiger partial charge in [-0.15, -0.1) is 0 Å². The third-order valence-corrected chi connectivity index (χ3v) is 1.83. The van der Waals surface area contributed by atoms with E-state index in [1.54, 1.807) is 10.6 Å². The molecule has 0 aliphatic rings. The Morgan fingerprint density at radius 1 is 1.15 bits per heavy atom. The van der Waals surface area contributed by atoms with Crippen molar-refractivity contribution in [3.05, 3.63) is 48.5 Å². The van der Waals surface area contributed by atoms with E-state index in [4.69, 9.17) is 5.11 Å². The number of nitrogens with zero attached hydrogens (tertiary/aromatic N) is 1. The number of phenolic OH excluding ortho intramolecular Hbond substituents is 1. The van der Waals surface area contributed by atoms with Gasteiger partial charge in [-0.3, -0.25) is 0 Å². The smallest absolute Gasteiger partial charge is 0.166 e. The largest absolute Gasteiger partial charge is 0.505 e. The fourth-order valence-electron chi connectivity index (χ4n) is 1.16. The predicted octanol–water partition coefficient (Wildman–Crippen LogP) is 2.32. The number of hydrogen-bond donors (Lipinski definition) is 1. The Morgan fingerprint density at radius 2 is 1.85 bits per heavy atom. The molecule has 0 bridgehead atoms. The Kier molecular flexibility index (Phi) is 1.77. The van der Waals surface area contributed by atoms with E-state index >= 15 is 0 Å². The number of benzene rings is 1. The third kappa shape index (κ3) is 1.40. The number of aromatic nitrogens is 1. The van der Waals surface area contributed by atoms with E-state index in [9.17, 15) is 4.39 Å². The first kappa shape index (κ1) is 7.86. The second-order valence-electron chi connectivity index (χ2n) is 2.73. The molecule has 3 heteroatoms. The molecule has 0 fully saturated rings. The van der Waals surface area contributed by atoms with Gasteiger partial charge in [-0.2, -0.15) is 0 Å². The van der Waals surface area contributed by atoms with Gasteiger partial charge in [-0.1, -0.05) is 0 Å². The fraction of sp³-hybridized carbons (Fsp3) is 0. The molecule has 0 aliphatic heterocycles. The molecule has 1 heterocycles. The maximum atomic E-state index is 12.9. The van der Waals surface area contributed by atoms with Crippen molar-refractivity contribution in [3.63, 3.8) is 0 Å². The van der Waals surface area contributed by atoms with E-state index in [0.717, 1.165) is 0 Å². The topological polar surface area (TPSA) is 25.2 Å². The highest BCUT2D eigenvalue weighted by atomic mass is 19.1. The van der Waals surface area contributed by atoms with E-state index in [1.165, 1.54) is 12.1 Å². The Bertz CT molecular complexity index is 409. The van der Waals surface area contributed by atoms with Crippen LogP contribution in [0.25, 0.3) is 5.69 Å². The van der Waals surface area contributed by atoms with Crippen molar-refractivity contribution in [3.8, 4) is 11.4 Å². The predicted molar refractivity (Wildman–Crippen MR) is 47.4 cm³/mol. The number of hydrogen-bond acceptors (Lipinski definition) is 1. The van der Waals surface area contributed by atoms with Crippen LogP contribution in [-0.2, 0) is 0 Å². The summed E-state index contributed by atoms with van der Waals surface area (Å²) < 4.78 is 14.7. The fourth-order valence-corrected chi connectivity index (χ4v) is 1.16. The molecule has 1 N–H and O–H groups in total. The van der Waals surface area contributed by atoms with Crippen molar-refractivity contribution in [1.82, 2.24) is 4.57 Å². The first-order chi connectivity index (χ1) is 6.27. The van der Waals surface area contributed by atoms with Crippen molar-refractivity contribution in [1.29, 1.82) is 0 Å². The van der Waals surface area contributed by atoms with Crippen LogP contribution >= 0.6 is 0 Å². The summed E-state index contributed by atoms with van der Waals surface area (Å²) in [6.07, 6.45) is 3.62. The number of phenols is 1. The lowest BCUT2D eigenvalue weighted by molar-refractivity contribution is 0.432. The molecular formula is C10H8FNO. The van der Waals surface area contributed by atoms with Gasteiger partial charge in [0.05, 0.1) is 0 Å². The molecule has 1 aromatic heterocycles. The van der Waals surface area contributed by atoms with Crippen molar-refractivity contribution in [2.45, 2.75) is 0 Å². The molecule has 0 spiro atoms. The molecule has 0 radical (unpaired) electrons. The Hall–Kier alpha value is -1.77. The SMILES string of the molecule is Oc1ccc(-n2cccc2)cc1F. The van der Waals surface area contributed by atoms with E-state index in [2.05, 4.69) is 0 Å². The standard InChI is InChI=1S/C10H8FNO/c11-9-7-8(3-4-10(9)13)12-5-1-2-6-12/h1-7,13H. The molecule has 2 nitrogen and oxygen atoms in total. The van der Waals surface area contributed by atoms with E-state index < -0.39 is 5.82 Å². The van der Waals surface area contributed by atoms with E-state index in [-0.39, 0.29) is 5.75 Å². The van der Waals surface area contributed by atoms with Gasteiger partial charge in [-0.25, -0.2) is 4.39 Å². The summed E-state index contributed by atoms with van der Waals surface area (Å²) >= 11 is 0. The third-order valence-electron chi connectivity index (χ3n) is 1.83. The minimum atomic E-state index is -0.605. The maximum Gasteiger partial charge on any atom is 0.166 e. The normalized spacial score (nSPS) is 10.2. The zero-order valence-electron chi connectivity index (χ0n) is 6.81. The van der Waals surface area contributed by atoms with Gasteiger partial charge in [0, 0.05) is 24.1 Å². The molecule has 13 heavy (non-hydrogen) atoms. The van der Waals surface area contributed by atoms with Crippen LogP contribution in [0.1, 0.15) is 0 Å². The highest BCUT2D eigenvalue weighted by molar-refractivity contribution is 5.38. The average molecular weight is 177 g/mol. The average Bonchev–Trinajstić information content (AvgIpc) is 2.62. The monoisotopic (exact) mass is 177 g/mol.